The van der Waals surface area contributed by atoms with Crippen LogP contribution in [-0.2, 0) is 6.42 Å². The molecule has 0 aliphatic carbocycles. The summed E-state index contributed by atoms with van der Waals surface area (Å²) < 4.78 is 28.9. The van der Waals surface area contributed by atoms with E-state index in [9.17, 15) is 0 Å². The van der Waals surface area contributed by atoms with Crippen LogP contribution in [0, 0.1) is 6.85 Å². The van der Waals surface area contributed by atoms with Gasteiger partial charge >= 0.3 is 0 Å². The van der Waals surface area contributed by atoms with Crippen LogP contribution >= 0.6 is 0 Å². The molecule has 0 amide bonds. The van der Waals surface area contributed by atoms with Crippen molar-refractivity contribution in [3.8, 4) is 11.3 Å². The van der Waals surface area contributed by atoms with Crippen molar-refractivity contribution in [2.75, 3.05) is 0 Å². The molecule has 3 aromatic heterocycles. The molecule has 0 bridgehead atoms. The van der Waals surface area contributed by atoms with E-state index in [1.54, 1.807) is 12.1 Å². The fraction of sp³-hybridized carbons (Fsp3) is 0.185. The molecule has 148 valence electrons. The van der Waals surface area contributed by atoms with Gasteiger partial charge in [-0.2, -0.15) is 0 Å². The summed E-state index contributed by atoms with van der Waals surface area (Å²) >= 11 is 0. The van der Waals surface area contributed by atoms with E-state index >= 15 is 0 Å². The zero-order chi connectivity index (χ0) is 23.2. The van der Waals surface area contributed by atoms with Crippen molar-refractivity contribution >= 4 is 22.1 Å². The van der Waals surface area contributed by atoms with Gasteiger partial charge in [-0.3, -0.25) is 4.98 Å². The van der Waals surface area contributed by atoms with Crippen molar-refractivity contribution in [2.24, 2.45) is 0 Å². The Balaban J connectivity index is 1.53. The molecule has 0 unspecified atom stereocenters. The Kier molecular flexibility index (Phi) is 3.80. The van der Waals surface area contributed by atoms with Gasteiger partial charge in [0.25, 0.3) is 0 Å². The Labute approximate surface area is 180 Å². The first-order valence-electron chi connectivity index (χ1n) is 11.7. The highest BCUT2D eigenvalue weighted by atomic mass is 16.3. The number of fused-ring (bicyclic) bond motifs is 3. The Bertz CT molecular complexity index is 1450. The van der Waals surface area contributed by atoms with Gasteiger partial charge in [-0.05, 0) is 66.2 Å². The van der Waals surface area contributed by atoms with Crippen molar-refractivity contribution in [1.82, 2.24) is 9.97 Å². The van der Waals surface area contributed by atoms with Crippen LogP contribution in [0.25, 0.3) is 33.3 Å². The Morgan fingerprint density at radius 2 is 1.80 bits per heavy atom. The summed E-state index contributed by atoms with van der Waals surface area (Å²) in [5.74, 6) is 0.515. The summed E-state index contributed by atoms with van der Waals surface area (Å²) in [7, 11) is 0. The second kappa shape index (κ2) is 7.42. The Morgan fingerprint density at radius 1 is 0.933 bits per heavy atom. The van der Waals surface area contributed by atoms with Gasteiger partial charge in [0.2, 0.25) is 5.71 Å². The van der Waals surface area contributed by atoms with Crippen molar-refractivity contribution < 1.29 is 8.53 Å². The number of para-hydroxylation sites is 1. The predicted molar refractivity (Wildman–Crippen MR) is 123 cm³/mol. The normalized spacial score (nSPS) is 13.5. The van der Waals surface area contributed by atoms with E-state index in [-0.39, 0.29) is 5.69 Å². The van der Waals surface area contributed by atoms with Gasteiger partial charge < -0.3 is 4.42 Å². The molecule has 0 fully saturated rings. The molecule has 0 radical (unpaired) electrons. The highest BCUT2D eigenvalue weighted by Gasteiger charge is 2.14. The molecule has 5 aromatic rings. The van der Waals surface area contributed by atoms with Crippen LogP contribution in [0.4, 0.5) is 0 Å². The average Bonchev–Trinajstić information content (AvgIpc) is 3.17. The Morgan fingerprint density at radius 3 is 2.60 bits per heavy atom. The second-order valence-corrected chi connectivity index (χ2v) is 7.96. The second-order valence-electron chi connectivity index (χ2n) is 7.96. The third kappa shape index (κ3) is 3.37. The van der Waals surface area contributed by atoms with Crippen LogP contribution in [0.2, 0.25) is 0 Å². The summed E-state index contributed by atoms with van der Waals surface area (Å²) in [6.07, 6.45) is 2.63. The number of pyridine rings is 2. The van der Waals surface area contributed by atoms with E-state index < -0.39 is 6.85 Å². The van der Waals surface area contributed by atoms with E-state index in [1.807, 2.05) is 30.5 Å². The van der Waals surface area contributed by atoms with Crippen molar-refractivity contribution in [3.63, 3.8) is 0 Å². The third-order valence-electron chi connectivity index (χ3n) is 5.52. The van der Waals surface area contributed by atoms with Gasteiger partial charge in [0.1, 0.15) is 5.58 Å². The van der Waals surface area contributed by atoms with Gasteiger partial charge in [-0.25, -0.2) is 4.98 Å². The molecular weight excluding hydrogens is 368 g/mol. The summed E-state index contributed by atoms with van der Waals surface area (Å²) in [4.78, 5) is 8.86. The summed E-state index contributed by atoms with van der Waals surface area (Å²) in [6, 6.07) is 22.1. The molecule has 2 aromatic carbocycles. The molecule has 0 aliphatic rings. The third-order valence-corrected chi connectivity index (χ3v) is 5.52. The maximum atomic E-state index is 7.63. The molecule has 0 spiro atoms. The van der Waals surface area contributed by atoms with Gasteiger partial charge in [0.15, 0.2) is 0 Å². The molecule has 0 aliphatic heterocycles. The van der Waals surface area contributed by atoms with Crippen molar-refractivity contribution in [2.45, 2.75) is 33.0 Å². The topological polar surface area (TPSA) is 38.9 Å². The van der Waals surface area contributed by atoms with E-state index in [0.717, 1.165) is 34.0 Å². The fourth-order valence-corrected chi connectivity index (χ4v) is 3.87. The molecule has 0 saturated heterocycles. The molecule has 5 rings (SSSR count). The minimum Gasteiger partial charge on any atom is -0.437 e. The lowest BCUT2D eigenvalue weighted by molar-refractivity contribution is 0.653. The molecule has 0 N–H and O–H groups in total. The van der Waals surface area contributed by atoms with Crippen LogP contribution in [0.15, 0.2) is 77.3 Å². The maximum Gasteiger partial charge on any atom is 0.227 e. The van der Waals surface area contributed by atoms with Crippen molar-refractivity contribution in [1.29, 1.82) is 0 Å². The molecule has 30 heavy (non-hydrogen) atoms. The van der Waals surface area contributed by atoms with Gasteiger partial charge in [0.05, 0.1) is 5.69 Å². The molecule has 3 heterocycles. The molecule has 0 atom stereocenters. The minimum atomic E-state index is -2.28. The quantitative estimate of drug-likeness (QED) is 0.327. The standard InChI is InChI=1S/C27H24N2O/c1-17(2)21-10-8-19(9-11-21)15-20-13-14-28-25(16-20)24-6-4-5-22-23-12-7-18(3)29-27(23)30-26(22)24/h4-14,16-17H,15H2,1-3H3/i3D3. The van der Waals surface area contributed by atoms with E-state index in [1.165, 1.54) is 11.1 Å². The number of nitrogens with zero attached hydrogens (tertiary/aromatic N) is 2. The predicted octanol–water partition coefficient (Wildman–Crippen LogP) is 7.07. The van der Waals surface area contributed by atoms with Crippen LogP contribution < -0.4 is 0 Å². The van der Waals surface area contributed by atoms with E-state index in [4.69, 9.17) is 8.53 Å². The lowest BCUT2D eigenvalue weighted by Gasteiger charge is -2.08. The minimum absolute atomic E-state index is 0.0270. The SMILES string of the molecule is [2H]C([2H])([2H])c1ccc2c(n1)oc1c(-c3cc(Cc4ccc(C(C)C)cc4)ccn3)cccc12. The van der Waals surface area contributed by atoms with Crippen molar-refractivity contribution in [3.05, 3.63) is 95.3 Å². The molecule has 3 nitrogen and oxygen atoms in total. The lowest BCUT2D eigenvalue weighted by Crippen LogP contribution is -1.93. The largest absolute Gasteiger partial charge is 0.437 e. The lowest BCUT2D eigenvalue weighted by atomic mass is 9.98. The first kappa shape index (κ1) is 15.4. The van der Waals surface area contributed by atoms with Gasteiger partial charge in [-0.1, -0.05) is 50.2 Å². The summed E-state index contributed by atoms with van der Waals surface area (Å²) in [5, 5.41) is 1.69. The average molecular weight is 396 g/mol. The number of hydrogen-bond acceptors (Lipinski definition) is 3. The number of benzene rings is 2. The summed E-state index contributed by atoms with van der Waals surface area (Å²) in [5.41, 5.74) is 6.43. The molecular formula is C27H24N2O. The first-order valence-corrected chi connectivity index (χ1v) is 10.2. The Hall–Kier alpha value is -3.46. The van der Waals surface area contributed by atoms with E-state index in [2.05, 4.69) is 54.1 Å². The maximum absolute atomic E-state index is 7.63. The molecule has 3 heteroatoms. The van der Waals surface area contributed by atoms with Gasteiger partial charge in [0, 0.05) is 32.3 Å². The van der Waals surface area contributed by atoms with Crippen LogP contribution in [-0.4, -0.2) is 9.97 Å². The number of furan rings is 1. The number of rotatable bonds is 4. The summed E-state index contributed by atoms with van der Waals surface area (Å²) in [6.45, 7) is 2.11. The number of aromatic nitrogens is 2. The van der Waals surface area contributed by atoms with Crippen LogP contribution in [0.1, 0.15) is 46.3 Å². The van der Waals surface area contributed by atoms with Crippen LogP contribution in [0.3, 0.4) is 0 Å². The fourth-order valence-electron chi connectivity index (χ4n) is 3.87. The number of aryl methyl sites for hydroxylation is 1. The molecule has 0 saturated carbocycles. The zero-order valence-electron chi connectivity index (χ0n) is 20.0. The van der Waals surface area contributed by atoms with E-state index in [0.29, 0.717) is 17.2 Å². The highest BCUT2D eigenvalue weighted by Crippen LogP contribution is 2.34. The first-order chi connectivity index (χ1) is 15.8. The highest BCUT2D eigenvalue weighted by molar-refractivity contribution is 6.08. The van der Waals surface area contributed by atoms with Gasteiger partial charge in [-0.15, -0.1) is 0 Å². The van der Waals surface area contributed by atoms with Crippen LogP contribution in [0.5, 0.6) is 0 Å². The monoisotopic (exact) mass is 395 g/mol. The zero-order valence-corrected chi connectivity index (χ0v) is 17.0. The smallest absolute Gasteiger partial charge is 0.227 e. The number of hydrogen-bond donors (Lipinski definition) is 0.